The molecule has 0 saturated carbocycles. The fourth-order valence-corrected chi connectivity index (χ4v) is 1.67. The van der Waals surface area contributed by atoms with Gasteiger partial charge in [0.25, 0.3) is 0 Å². The van der Waals surface area contributed by atoms with Gasteiger partial charge in [-0.05, 0) is 31.2 Å². The molecule has 0 aliphatic carbocycles. The Morgan fingerprint density at radius 2 is 2.00 bits per heavy atom. The lowest BCUT2D eigenvalue weighted by Gasteiger charge is -2.08. The van der Waals surface area contributed by atoms with Crippen LogP contribution in [0.15, 0.2) is 42.5 Å². The Morgan fingerprint density at radius 3 is 2.79 bits per heavy atom. The molecule has 19 heavy (non-hydrogen) atoms. The quantitative estimate of drug-likeness (QED) is 0.852. The van der Waals surface area contributed by atoms with Gasteiger partial charge in [-0.3, -0.25) is 4.98 Å². The Balaban J connectivity index is 2.11. The van der Waals surface area contributed by atoms with Crippen LogP contribution >= 0.6 is 0 Å². The fourth-order valence-electron chi connectivity index (χ4n) is 1.67. The smallest absolute Gasteiger partial charge is 0.135 e. The van der Waals surface area contributed by atoms with Crippen molar-refractivity contribution in [3.8, 4) is 17.6 Å². The standard InChI is InChI=1S/C16H16N2O/c1-13-6-4-9-15(18-13)12-19-16-10-3-2-7-14(16)8-5-11-17/h2-4,6-7,9-10H,11-12,17H2,1H3. The molecule has 2 aromatic rings. The SMILES string of the molecule is Cc1cccc(COc2ccccc2C#CCN)n1. The van der Waals surface area contributed by atoms with E-state index in [1.54, 1.807) is 0 Å². The van der Waals surface area contributed by atoms with Gasteiger partial charge in [-0.25, -0.2) is 0 Å². The lowest BCUT2D eigenvalue weighted by molar-refractivity contribution is 0.300. The monoisotopic (exact) mass is 252 g/mol. The van der Waals surface area contributed by atoms with Crippen molar-refractivity contribution in [3.63, 3.8) is 0 Å². The second-order valence-corrected chi connectivity index (χ2v) is 4.06. The molecule has 1 heterocycles. The second-order valence-electron chi connectivity index (χ2n) is 4.06. The zero-order valence-corrected chi connectivity index (χ0v) is 10.9. The fraction of sp³-hybridized carbons (Fsp3) is 0.188. The molecule has 0 radical (unpaired) electrons. The lowest BCUT2D eigenvalue weighted by Crippen LogP contribution is -2.00. The molecular formula is C16H16N2O. The first-order chi connectivity index (χ1) is 9.29. The Bertz CT molecular complexity index is 611. The third kappa shape index (κ3) is 3.84. The molecule has 0 spiro atoms. The predicted octanol–water partition coefficient (Wildman–Crippen LogP) is 2.28. The summed E-state index contributed by atoms with van der Waals surface area (Å²) < 4.78 is 5.77. The molecule has 2 rings (SSSR count). The minimum Gasteiger partial charge on any atom is -0.486 e. The number of ether oxygens (including phenoxy) is 1. The first-order valence-corrected chi connectivity index (χ1v) is 6.13. The number of aromatic nitrogens is 1. The van der Waals surface area contributed by atoms with Crippen LogP contribution in [0.5, 0.6) is 5.75 Å². The van der Waals surface area contributed by atoms with Crippen molar-refractivity contribution in [2.75, 3.05) is 6.54 Å². The van der Waals surface area contributed by atoms with Crippen LogP contribution in [-0.2, 0) is 6.61 Å². The van der Waals surface area contributed by atoms with Crippen LogP contribution in [0, 0.1) is 18.8 Å². The molecule has 0 unspecified atom stereocenters. The van der Waals surface area contributed by atoms with Crippen molar-refractivity contribution in [3.05, 3.63) is 59.4 Å². The van der Waals surface area contributed by atoms with Crippen LogP contribution in [0.3, 0.4) is 0 Å². The van der Waals surface area contributed by atoms with Crippen molar-refractivity contribution < 1.29 is 4.74 Å². The van der Waals surface area contributed by atoms with E-state index in [4.69, 9.17) is 10.5 Å². The number of nitrogens with two attached hydrogens (primary N) is 1. The van der Waals surface area contributed by atoms with Crippen molar-refractivity contribution in [2.24, 2.45) is 5.73 Å². The highest BCUT2D eigenvalue weighted by Crippen LogP contribution is 2.17. The lowest BCUT2D eigenvalue weighted by atomic mass is 10.2. The van der Waals surface area contributed by atoms with Crippen LogP contribution in [-0.4, -0.2) is 11.5 Å². The number of aryl methyl sites for hydroxylation is 1. The molecule has 0 fully saturated rings. The van der Waals surface area contributed by atoms with Gasteiger partial charge in [-0.15, -0.1) is 0 Å². The summed E-state index contributed by atoms with van der Waals surface area (Å²) in [6, 6.07) is 13.6. The number of nitrogens with zero attached hydrogens (tertiary/aromatic N) is 1. The summed E-state index contributed by atoms with van der Waals surface area (Å²) in [6.45, 7) is 2.74. The number of hydrogen-bond donors (Lipinski definition) is 1. The van der Waals surface area contributed by atoms with Gasteiger partial charge in [0, 0.05) is 5.69 Å². The number of hydrogen-bond acceptors (Lipinski definition) is 3. The van der Waals surface area contributed by atoms with Gasteiger partial charge in [0.1, 0.15) is 12.4 Å². The molecule has 3 nitrogen and oxygen atoms in total. The van der Waals surface area contributed by atoms with Crippen molar-refractivity contribution in [2.45, 2.75) is 13.5 Å². The molecule has 0 saturated heterocycles. The third-order valence-corrected chi connectivity index (χ3v) is 2.53. The summed E-state index contributed by atoms with van der Waals surface area (Å²) in [4.78, 5) is 4.40. The van der Waals surface area contributed by atoms with Gasteiger partial charge in [0.05, 0.1) is 17.8 Å². The predicted molar refractivity (Wildman–Crippen MR) is 75.7 cm³/mol. The summed E-state index contributed by atoms with van der Waals surface area (Å²) in [5.41, 5.74) is 8.12. The Kier molecular flexibility index (Phi) is 4.54. The van der Waals surface area contributed by atoms with Crippen LogP contribution in [0.1, 0.15) is 17.0 Å². The van der Waals surface area contributed by atoms with E-state index in [1.165, 1.54) is 0 Å². The van der Waals surface area contributed by atoms with Crippen molar-refractivity contribution in [1.82, 2.24) is 4.98 Å². The zero-order valence-electron chi connectivity index (χ0n) is 10.9. The van der Waals surface area contributed by atoms with Crippen LogP contribution in [0.25, 0.3) is 0 Å². The van der Waals surface area contributed by atoms with Gasteiger partial charge in [0.2, 0.25) is 0 Å². The summed E-state index contributed by atoms with van der Waals surface area (Å²) in [7, 11) is 0. The van der Waals surface area contributed by atoms with Crippen molar-refractivity contribution >= 4 is 0 Å². The number of pyridine rings is 1. The van der Waals surface area contributed by atoms with Gasteiger partial charge in [-0.2, -0.15) is 0 Å². The molecule has 2 N–H and O–H groups in total. The average Bonchev–Trinajstić information content (AvgIpc) is 2.44. The highest BCUT2D eigenvalue weighted by Gasteiger charge is 2.01. The van der Waals surface area contributed by atoms with E-state index in [0.717, 1.165) is 22.7 Å². The maximum atomic E-state index is 5.77. The first kappa shape index (κ1) is 13.1. The Labute approximate surface area is 113 Å². The van der Waals surface area contributed by atoms with Gasteiger partial charge >= 0.3 is 0 Å². The highest BCUT2D eigenvalue weighted by molar-refractivity contribution is 5.46. The largest absolute Gasteiger partial charge is 0.486 e. The van der Waals surface area contributed by atoms with Crippen LogP contribution < -0.4 is 10.5 Å². The molecule has 0 atom stereocenters. The summed E-state index contributed by atoms with van der Waals surface area (Å²) in [6.07, 6.45) is 0. The molecule has 1 aromatic carbocycles. The third-order valence-electron chi connectivity index (χ3n) is 2.53. The summed E-state index contributed by atoms with van der Waals surface area (Å²) >= 11 is 0. The normalized spacial score (nSPS) is 9.58. The number of benzene rings is 1. The first-order valence-electron chi connectivity index (χ1n) is 6.13. The topological polar surface area (TPSA) is 48.1 Å². The van der Waals surface area contributed by atoms with E-state index >= 15 is 0 Å². The molecule has 0 aliphatic rings. The molecule has 0 aliphatic heterocycles. The second kappa shape index (κ2) is 6.58. The molecule has 3 heteroatoms. The minimum absolute atomic E-state index is 0.341. The Hall–Kier alpha value is -2.31. The summed E-state index contributed by atoms with van der Waals surface area (Å²) in [5.74, 6) is 6.59. The van der Waals surface area contributed by atoms with Crippen LogP contribution in [0.2, 0.25) is 0 Å². The maximum Gasteiger partial charge on any atom is 0.135 e. The molecule has 0 bridgehead atoms. The number of rotatable bonds is 3. The molecule has 0 amide bonds. The number of para-hydroxylation sites is 1. The van der Waals surface area contributed by atoms with Gasteiger partial charge < -0.3 is 10.5 Å². The van der Waals surface area contributed by atoms with E-state index in [0.29, 0.717) is 13.2 Å². The van der Waals surface area contributed by atoms with E-state index in [-0.39, 0.29) is 0 Å². The van der Waals surface area contributed by atoms with Gasteiger partial charge in [-0.1, -0.05) is 30.0 Å². The van der Waals surface area contributed by atoms with Gasteiger partial charge in [0.15, 0.2) is 0 Å². The Morgan fingerprint density at radius 1 is 1.16 bits per heavy atom. The molecular weight excluding hydrogens is 236 g/mol. The summed E-state index contributed by atoms with van der Waals surface area (Å²) in [5, 5.41) is 0. The maximum absolute atomic E-state index is 5.77. The van der Waals surface area contributed by atoms with E-state index in [1.807, 2.05) is 49.4 Å². The molecule has 96 valence electrons. The van der Waals surface area contributed by atoms with E-state index < -0.39 is 0 Å². The average molecular weight is 252 g/mol. The van der Waals surface area contributed by atoms with Crippen LogP contribution in [0.4, 0.5) is 0 Å². The highest BCUT2D eigenvalue weighted by atomic mass is 16.5. The van der Waals surface area contributed by atoms with Crippen molar-refractivity contribution in [1.29, 1.82) is 0 Å². The molecule has 1 aromatic heterocycles. The van der Waals surface area contributed by atoms with E-state index in [9.17, 15) is 0 Å². The minimum atomic E-state index is 0.341. The van der Waals surface area contributed by atoms with E-state index in [2.05, 4.69) is 16.8 Å². The zero-order chi connectivity index (χ0) is 13.5.